The number of benzene rings is 1. The highest BCUT2D eigenvalue weighted by molar-refractivity contribution is 5.63. The second-order valence-electron chi connectivity index (χ2n) is 4.97. The fraction of sp³-hybridized carbons (Fsp3) is 0.500. The number of carbonyl (C=O) groups is 1. The number of rotatable bonds is 4. The van der Waals surface area contributed by atoms with Crippen LogP contribution in [0.4, 0.5) is 5.69 Å². The van der Waals surface area contributed by atoms with Crippen molar-refractivity contribution < 1.29 is 4.79 Å². The van der Waals surface area contributed by atoms with E-state index in [4.69, 9.17) is 0 Å². The lowest BCUT2D eigenvalue weighted by molar-refractivity contribution is -0.107. The molecule has 1 saturated carbocycles. The molecule has 84 valence electrons. The predicted octanol–water partition coefficient (Wildman–Crippen LogP) is 2.20. The van der Waals surface area contributed by atoms with E-state index in [1.54, 1.807) is 0 Å². The van der Waals surface area contributed by atoms with Crippen LogP contribution in [0.15, 0.2) is 18.2 Å². The van der Waals surface area contributed by atoms with Crippen molar-refractivity contribution in [2.75, 3.05) is 18.0 Å². The highest BCUT2D eigenvalue weighted by Crippen LogP contribution is 2.35. The van der Waals surface area contributed by atoms with E-state index in [0.717, 1.165) is 24.3 Å². The summed E-state index contributed by atoms with van der Waals surface area (Å²) in [6, 6.07) is 6.49. The summed E-state index contributed by atoms with van der Waals surface area (Å²) in [6.07, 6.45) is 5.51. The maximum absolute atomic E-state index is 10.5. The van der Waals surface area contributed by atoms with Crippen molar-refractivity contribution in [2.45, 2.75) is 25.7 Å². The molecule has 2 nitrogen and oxygen atoms in total. The van der Waals surface area contributed by atoms with Crippen molar-refractivity contribution >= 4 is 12.0 Å². The first-order valence-electron chi connectivity index (χ1n) is 6.17. The zero-order chi connectivity index (χ0) is 11.0. The summed E-state index contributed by atoms with van der Waals surface area (Å²) in [4.78, 5) is 13.0. The number of nitrogens with zero attached hydrogens (tertiary/aromatic N) is 1. The van der Waals surface area contributed by atoms with Crippen LogP contribution < -0.4 is 4.90 Å². The molecule has 0 spiro atoms. The second kappa shape index (κ2) is 3.93. The van der Waals surface area contributed by atoms with Gasteiger partial charge in [-0.3, -0.25) is 0 Å². The van der Waals surface area contributed by atoms with Gasteiger partial charge in [-0.05, 0) is 42.4 Å². The Hall–Kier alpha value is -1.31. The van der Waals surface area contributed by atoms with E-state index in [-0.39, 0.29) is 0 Å². The topological polar surface area (TPSA) is 20.3 Å². The molecule has 0 atom stereocenters. The fourth-order valence-corrected chi connectivity index (χ4v) is 2.52. The minimum atomic E-state index is 0.546. The standard InChI is InChI=1S/C14H17NO/c16-8-6-11-3-4-13-5-7-15(14(13)9-11)10-12-1-2-12/h3-4,8-9,12H,1-2,5-7,10H2. The van der Waals surface area contributed by atoms with Crippen LogP contribution in [0.3, 0.4) is 0 Å². The third kappa shape index (κ3) is 1.84. The summed E-state index contributed by atoms with van der Waals surface area (Å²) in [6.45, 7) is 2.38. The quantitative estimate of drug-likeness (QED) is 0.718. The Morgan fingerprint density at radius 3 is 3.00 bits per heavy atom. The minimum Gasteiger partial charge on any atom is -0.371 e. The van der Waals surface area contributed by atoms with Crippen LogP contribution in [0.5, 0.6) is 0 Å². The molecule has 0 unspecified atom stereocenters. The Kier molecular flexibility index (Phi) is 2.43. The number of fused-ring (bicyclic) bond motifs is 1. The monoisotopic (exact) mass is 215 g/mol. The first-order valence-corrected chi connectivity index (χ1v) is 6.17. The Balaban J connectivity index is 1.83. The molecular formula is C14H17NO. The number of carbonyl (C=O) groups excluding carboxylic acids is 1. The van der Waals surface area contributed by atoms with Gasteiger partial charge in [-0.2, -0.15) is 0 Å². The molecule has 1 aliphatic heterocycles. The van der Waals surface area contributed by atoms with Gasteiger partial charge in [-0.15, -0.1) is 0 Å². The molecule has 1 heterocycles. The Morgan fingerprint density at radius 1 is 1.38 bits per heavy atom. The van der Waals surface area contributed by atoms with Gasteiger partial charge in [0.2, 0.25) is 0 Å². The largest absolute Gasteiger partial charge is 0.371 e. The molecule has 2 heteroatoms. The number of hydrogen-bond donors (Lipinski definition) is 0. The minimum absolute atomic E-state index is 0.546. The molecule has 3 rings (SSSR count). The van der Waals surface area contributed by atoms with E-state index in [1.165, 1.54) is 37.1 Å². The first kappa shape index (κ1) is 9.88. The maximum Gasteiger partial charge on any atom is 0.124 e. The van der Waals surface area contributed by atoms with Crippen molar-refractivity contribution in [3.8, 4) is 0 Å². The Morgan fingerprint density at radius 2 is 2.25 bits per heavy atom. The van der Waals surface area contributed by atoms with E-state index in [2.05, 4.69) is 23.1 Å². The molecule has 1 aromatic carbocycles. The summed E-state index contributed by atoms with van der Waals surface area (Å²) < 4.78 is 0. The Labute approximate surface area is 96.3 Å². The van der Waals surface area contributed by atoms with Crippen LogP contribution in [0.1, 0.15) is 24.0 Å². The van der Waals surface area contributed by atoms with E-state index >= 15 is 0 Å². The molecule has 2 aliphatic rings. The zero-order valence-electron chi connectivity index (χ0n) is 9.48. The summed E-state index contributed by atoms with van der Waals surface area (Å²) in [5.41, 5.74) is 3.98. The van der Waals surface area contributed by atoms with Gasteiger partial charge in [0.15, 0.2) is 0 Å². The highest BCUT2D eigenvalue weighted by atomic mass is 16.1. The van der Waals surface area contributed by atoms with Gasteiger partial charge < -0.3 is 9.69 Å². The average Bonchev–Trinajstić information content (AvgIpc) is 3.01. The lowest BCUT2D eigenvalue weighted by atomic mass is 10.1. The average molecular weight is 215 g/mol. The van der Waals surface area contributed by atoms with Gasteiger partial charge in [0, 0.05) is 25.2 Å². The van der Waals surface area contributed by atoms with E-state index < -0.39 is 0 Å². The van der Waals surface area contributed by atoms with Crippen molar-refractivity contribution in [2.24, 2.45) is 5.92 Å². The van der Waals surface area contributed by atoms with Crippen molar-refractivity contribution in [1.29, 1.82) is 0 Å². The summed E-state index contributed by atoms with van der Waals surface area (Å²) in [5.74, 6) is 0.931. The van der Waals surface area contributed by atoms with E-state index in [0.29, 0.717) is 6.42 Å². The van der Waals surface area contributed by atoms with Gasteiger partial charge in [0.05, 0.1) is 0 Å². The van der Waals surface area contributed by atoms with Crippen LogP contribution in [-0.2, 0) is 17.6 Å². The lowest BCUT2D eigenvalue weighted by Crippen LogP contribution is -2.23. The molecule has 1 fully saturated rings. The number of aldehydes is 1. The molecule has 0 aromatic heterocycles. The third-order valence-corrected chi connectivity index (χ3v) is 3.64. The second-order valence-corrected chi connectivity index (χ2v) is 4.97. The molecule has 0 N–H and O–H groups in total. The molecule has 0 bridgehead atoms. The highest BCUT2D eigenvalue weighted by Gasteiger charge is 2.27. The predicted molar refractivity (Wildman–Crippen MR) is 64.9 cm³/mol. The Bertz CT molecular complexity index is 409. The molecule has 0 saturated heterocycles. The SMILES string of the molecule is O=CCc1ccc2c(c1)N(CC1CC1)CC2. The number of anilines is 1. The normalized spacial score (nSPS) is 18.6. The summed E-state index contributed by atoms with van der Waals surface area (Å²) >= 11 is 0. The lowest BCUT2D eigenvalue weighted by Gasteiger charge is -2.19. The van der Waals surface area contributed by atoms with Crippen molar-refractivity contribution in [1.82, 2.24) is 0 Å². The zero-order valence-corrected chi connectivity index (χ0v) is 9.48. The molecule has 0 amide bonds. The first-order chi connectivity index (χ1) is 7.86. The maximum atomic E-state index is 10.5. The van der Waals surface area contributed by atoms with Crippen molar-refractivity contribution in [3.05, 3.63) is 29.3 Å². The van der Waals surface area contributed by atoms with Crippen LogP contribution in [-0.4, -0.2) is 19.4 Å². The molecular weight excluding hydrogens is 198 g/mol. The smallest absolute Gasteiger partial charge is 0.124 e. The van der Waals surface area contributed by atoms with Crippen LogP contribution in [0.25, 0.3) is 0 Å². The molecule has 0 radical (unpaired) electrons. The fourth-order valence-electron chi connectivity index (χ4n) is 2.52. The van der Waals surface area contributed by atoms with Gasteiger partial charge in [0.1, 0.15) is 6.29 Å². The number of hydrogen-bond acceptors (Lipinski definition) is 2. The van der Waals surface area contributed by atoms with Gasteiger partial charge >= 0.3 is 0 Å². The van der Waals surface area contributed by atoms with Crippen LogP contribution in [0.2, 0.25) is 0 Å². The van der Waals surface area contributed by atoms with Crippen LogP contribution in [0, 0.1) is 5.92 Å². The summed E-state index contributed by atoms with van der Waals surface area (Å²) in [5, 5.41) is 0. The molecule has 1 aliphatic carbocycles. The van der Waals surface area contributed by atoms with Crippen molar-refractivity contribution in [3.63, 3.8) is 0 Å². The van der Waals surface area contributed by atoms with Crippen LogP contribution >= 0.6 is 0 Å². The third-order valence-electron chi connectivity index (χ3n) is 3.64. The summed E-state index contributed by atoms with van der Waals surface area (Å²) in [7, 11) is 0. The van der Waals surface area contributed by atoms with Gasteiger partial charge in [-0.1, -0.05) is 12.1 Å². The van der Waals surface area contributed by atoms with Gasteiger partial charge in [0.25, 0.3) is 0 Å². The van der Waals surface area contributed by atoms with E-state index in [1.807, 2.05) is 0 Å². The van der Waals surface area contributed by atoms with E-state index in [9.17, 15) is 4.79 Å². The molecule has 16 heavy (non-hydrogen) atoms. The molecule has 1 aromatic rings. The van der Waals surface area contributed by atoms with Gasteiger partial charge in [-0.25, -0.2) is 0 Å².